The molecule has 0 heterocycles. The first-order valence-electron chi connectivity index (χ1n) is 5.52. The van der Waals surface area contributed by atoms with Crippen molar-refractivity contribution < 1.29 is 9.53 Å². The van der Waals surface area contributed by atoms with Crippen LogP contribution < -0.4 is 5.32 Å². The smallest absolute Gasteiger partial charge is 0.307 e. The van der Waals surface area contributed by atoms with Crippen LogP contribution in [0, 0.1) is 5.92 Å². The molecule has 1 aliphatic rings. The van der Waals surface area contributed by atoms with Gasteiger partial charge in [-0.15, -0.1) is 0 Å². The van der Waals surface area contributed by atoms with Crippen molar-refractivity contribution >= 4 is 5.97 Å². The molecule has 0 bridgehead atoms. The molecular weight excluding hydrogens is 178 g/mol. The summed E-state index contributed by atoms with van der Waals surface area (Å²) < 4.78 is 4.60. The van der Waals surface area contributed by atoms with Crippen molar-refractivity contribution in [1.82, 2.24) is 5.32 Å². The summed E-state index contributed by atoms with van der Waals surface area (Å²) in [6, 6.07) is 0.238. The normalized spacial score (nSPS) is 17.9. The van der Waals surface area contributed by atoms with E-state index in [1.165, 1.54) is 32.8 Å². The second kappa shape index (κ2) is 6.02. The zero-order valence-electron chi connectivity index (χ0n) is 9.21. The molecule has 1 atom stereocenters. The number of methoxy groups -OCH3 is 1. The van der Waals surface area contributed by atoms with Gasteiger partial charge in [-0.05, 0) is 32.2 Å². The maximum Gasteiger partial charge on any atom is 0.307 e. The van der Waals surface area contributed by atoms with Crippen LogP contribution in [0.3, 0.4) is 0 Å². The minimum atomic E-state index is -0.132. The van der Waals surface area contributed by atoms with Crippen LogP contribution in [0.15, 0.2) is 0 Å². The van der Waals surface area contributed by atoms with Gasteiger partial charge in [0, 0.05) is 6.04 Å². The highest BCUT2D eigenvalue weighted by molar-refractivity contribution is 5.69. The van der Waals surface area contributed by atoms with Gasteiger partial charge < -0.3 is 10.1 Å². The minimum Gasteiger partial charge on any atom is -0.469 e. The average Bonchev–Trinajstić information content (AvgIpc) is 2.96. The average molecular weight is 199 g/mol. The predicted octanol–water partition coefficient (Wildman–Crippen LogP) is 1.72. The molecule has 0 saturated heterocycles. The van der Waals surface area contributed by atoms with E-state index in [0.717, 1.165) is 12.5 Å². The highest BCUT2D eigenvalue weighted by atomic mass is 16.5. The standard InChI is InChI=1S/C11H21NO2/c1-9(8-11(13)14-2)12-7-3-4-10-5-6-10/h9-10,12H,3-8H2,1-2H3. The summed E-state index contributed by atoms with van der Waals surface area (Å²) >= 11 is 0. The molecule has 82 valence electrons. The van der Waals surface area contributed by atoms with Gasteiger partial charge in [-0.3, -0.25) is 4.79 Å². The lowest BCUT2D eigenvalue weighted by molar-refractivity contribution is -0.141. The van der Waals surface area contributed by atoms with Gasteiger partial charge in [0.05, 0.1) is 13.5 Å². The zero-order valence-corrected chi connectivity index (χ0v) is 9.21. The Kier molecular flexibility index (Phi) is 4.94. The minimum absolute atomic E-state index is 0.132. The van der Waals surface area contributed by atoms with Gasteiger partial charge >= 0.3 is 5.97 Å². The topological polar surface area (TPSA) is 38.3 Å². The number of rotatable bonds is 7. The van der Waals surface area contributed by atoms with Gasteiger partial charge in [0.1, 0.15) is 0 Å². The van der Waals surface area contributed by atoms with Gasteiger partial charge in [0.15, 0.2) is 0 Å². The molecule has 1 fully saturated rings. The van der Waals surface area contributed by atoms with Crippen molar-refractivity contribution in [3.8, 4) is 0 Å². The third-order valence-electron chi connectivity index (χ3n) is 2.68. The van der Waals surface area contributed by atoms with Crippen LogP contribution in [0.25, 0.3) is 0 Å². The molecule has 0 aromatic carbocycles. The molecule has 1 unspecified atom stereocenters. The molecule has 0 aliphatic heterocycles. The fourth-order valence-electron chi connectivity index (χ4n) is 1.55. The summed E-state index contributed by atoms with van der Waals surface area (Å²) in [5, 5.41) is 3.33. The van der Waals surface area contributed by atoms with Crippen molar-refractivity contribution in [2.75, 3.05) is 13.7 Å². The highest BCUT2D eigenvalue weighted by Crippen LogP contribution is 2.33. The van der Waals surface area contributed by atoms with Crippen LogP contribution in [0.4, 0.5) is 0 Å². The monoisotopic (exact) mass is 199 g/mol. The molecule has 1 saturated carbocycles. The van der Waals surface area contributed by atoms with Gasteiger partial charge in [0.25, 0.3) is 0 Å². The first-order valence-corrected chi connectivity index (χ1v) is 5.52. The number of esters is 1. The Morgan fingerprint density at radius 3 is 2.86 bits per heavy atom. The quantitative estimate of drug-likeness (QED) is 0.501. The van der Waals surface area contributed by atoms with Crippen molar-refractivity contribution in [2.24, 2.45) is 5.92 Å². The summed E-state index contributed by atoms with van der Waals surface area (Å²) in [6.45, 7) is 3.04. The van der Waals surface area contributed by atoms with E-state index >= 15 is 0 Å². The number of hydrogen-bond acceptors (Lipinski definition) is 3. The second-order valence-corrected chi connectivity index (χ2v) is 4.22. The Balaban J connectivity index is 1.90. The van der Waals surface area contributed by atoms with Crippen LogP contribution >= 0.6 is 0 Å². The largest absolute Gasteiger partial charge is 0.469 e. The molecule has 1 aliphatic carbocycles. The maximum absolute atomic E-state index is 10.9. The third-order valence-corrected chi connectivity index (χ3v) is 2.68. The van der Waals surface area contributed by atoms with Gasteiger partial charge in [-0.2, -0.15) is 0 Å². The molecule has 1 rings (SSSR count). The van der Waals surface area contributed by atoms with Crippen LogP contribution in [0.5, 0.6) is 0 Å². The van der Waals surface area contributed by atoms with E-state index in [-0.39, 0.29) is 12.0 Å². The van der Waals surface area contributed by atoms with Crippen molar-refractivity contribution in [3.05, 3.63) is 0 Å². The highest BCUT2D eigenvalue weighted by Gasteiger charge is 2.20. The Hall–Kier alpha value is -0.570. The predicted molar refractivity (Wildman–Crippen MR) is 56.1 cm³/mol. The summed E-state index contributed by atoms with van der Waals surface area (Å²) in [6.07, 6.45) is 5.91. The number of carbonyl (C=O) groups excluding carboxylic acids is 1. The molecule has 0 aromatic heterocycles. The van der Waals surface area contributed by atoms with Crippen LogP contribution in [-0.4, -0.2) is 25.7 Å². The number of hydrogen-bond donors (Lipinski definition) is 1. The van der Waals surface area contributed by atoms with Gasteiger partial charge in [0.2, 0.25) is 0 Å². The van der Waals surface area contributed by atoms with Crippen molar-refractivity contribution in [2.45, 2.75) is 45.1 Å². The number of ether oxygens (including phenoxy) is 1. The van der Waals surface area contributed by atoms with Gasteiger partial charge in [-0.1, -0.05) is 12.8 Å². The van der Waals surface area contributed by atoms with E-state index in [0.29, 0.717) is 6.42 Å². The van der Waals surface area contributed by atoms with Crippen molar-refractivity contribution in [3.63, 3.8) is 0 Å². The zero-order chi connectivity index (χ0) is 10.4. The van der Waals surface area contributed by atoms with Crippen molar-refractivity contribution in [1.29, 1.82) is 0 Å². The molecule has 0 amide bonds. The SMILES string of the molecule is COC(=O)CC(C)NCCCC1CC1. The molecule has 14 heavy (non-hydrogen) atoms. The first-order chi connectivity index (χ1) is 6.72. The fourth-order valence-corrected chi connectivity index (χ4v) is 1.55. The molecule has 3 nitrogen and oxygen atoms in total. The number of nitrogens with one attached hydrogen (secondary N) is 1. The molecule has 3 heteroatoms. The van der Waals surface area contributed by atoms with Gasteiger partial charge in [-0.25, -0.2) is 0 Å². The third kappa shape index (κ3) is 5.22. The number of carbonyl (C=O) groups is 1. The Bertz CT molecular complexity index is 178. The van der Waals surface area contributed by atoms with E-state index in [2.05, 4.69) is 10.1 Å². The van der Waals surface area contributed by atoms with E-state index in [1.54, 1.807) is 0 Å². The lowest BCUT2D eigenvalue weighted by Gasteiger charge is -2.11. The first kappa shape index (κ1) is 11.5. The summed E-state index contributed by atoms with van der Waals surface area (Å²) in [4.78, 5) is 10.9. The molecule has 1 N–H and O–H groups in total. The van der Waals surface area contributed by atoms with E-state index < -0.39 is 0 Å². The Morgan fingerprint density at radius 1 is 1.57 bits per heavy atom. The van der Waals surface area contributed by atoms with E-state index in [4.69, 9.17) is 0 Å². The Labute approximate surface area is 86.2 Å². The van der Waals surface area contributed by atoms with E-state index in [1.807, 2.05) is 6.92 Å². The Morgan fingerprint density at radius 2 is 2.29 bits per heavy atom. The molecule has 0 radical (unpaired) electrons. The van der Waals surface area contributed by atoms with Crippen LogP contribution in [0.2, 0.25) is 0 Å². The molecular formula is C11H21NO2. The second-order valence-electron chi connectivity index (χ2n) is 4.22. The lowest BCUT2D eigenvalue weighted by atomic mass is 10.2. The van der Waals surface area contributed by atoms with Crippen LogP contribution in [0.1, 0.15) is 39.0 Å². The van der Waals surface area contributed by atoms with E-state index in [9.17, 15) is 4.79 Å². The summed E-state index contributed by atoms with van der Waals surface area (Å²) in [7, 11) is 1.43. The summed E-state index contributed by atoms with van der Waals surface area (Å²) in [5.41, 5.74) is 0. The van der Waals surface area contributed by atoms with Crippen LogP contribution in [-0.2, 0) is 9.53 Å². The fraction of sp³-hybridized carbons (Fsp3) is 0.909. The lowest BCUT2D eigenvalue weighted by Crippen LogP contribution is -2.29. The molecule has 0 aromatic rings. The summed E-state index contributed by atoms with van der Waals surface area (Å²) in [5.74, 6) is 0.875. The molecule has 0 spiro atoms. The maximum atomic E-state index is 10.9.